The molecular weight excluding hydrogens is 429 g/mol. The van der Waals surface area contributed by atoms with E-state index in [9.17, 15) is 18.8 Å². The van der Waals surface area contributed by atoms with Crippen molar-refractivity contribution in [2.75, 3.05) is 11.9 Å². The summed E-state index contributed by atoms with van der Waals surface area (Å²) in [5, 5.41) is 2.79. The minimum atomic E-state index is -0.723. The quantitative estimate of drug-likeness (QED) is 0.344. The van der Waals surface area contributed by atoms with Gasteiger partial charge in [0.2, 0.25) is 0 Å². The van der Waals surface area contributed by atoms with E-state index in [1.165, 1.54) is 42.7 Å². The second-order valence-electron chi connectivity index (χ2n) is 6.92. The van der Waals surface area contributed by atoms with E-state index in [1.54, 1.807) is 25.1 Å². The number of halogens is 1. The number of aromatic amines is 1. The van der Waals surface area contributed by atoms with Gasteiger partial charge in [-0.3, -0.25) is 15.1 Å². The van der Waals surface area contributed by atoms with Crippen molar-refractivity contribution in [2.45, 2.75) is 6.92 Å². The zero-order valence-electron chi connectivity index (χ0n) is 17.4. The van der Waals surface area contributed by atoms with Gasteiger partial charge in [-0.15, -0.1) is 0 Å². The van der Waals surface area contributed by atoms with Crippen LogP contribution >= 0.6 is 0 Å². The van der Waals surface area contributed by atoms with Crippen molar-refractivity contribution in [2.24, 2.45) is 0 Å². The number of esters is 1. The number of amides is 1. The van der Waals surface area contributed by atoms with E-state index in [1.807, 2.05) is 0 Å². The lowest BCUT2D eigenvalue weighted by molar-refractivity contribution is 0.0734. The van der Waals surface area contributed by atoms with Gasteiger partial charge in [-0.05, 0) is 49.4 Å². The van der Waals surface area contributed by atoms with E-state index in [4.69, 9.17) is 9.47 Å². The minimum absolute atomic E-state index is 0.148. The van der Waals surface area contributed by atoms with Crippen LogP contribution in [-0.4, -0.2) is 28.6 Å². The van der Waals surface area contributed by atoms with Gasteiger partial charge in [-0.1, -0.05) is 0 Å². The molecule has 0 spiro atoms. The largest absolute Gasteiger partial charge is 0.450 e. The zero-order valence-corrected chi connectivity index (χ0v) is 17.4. The first-order valence-corrected chi connectivity index (χ1v) is 9.97. The van der Waals surface area contributed by atoms with Crippen molar-refractivity contribution in [1.82, 2.24) is 9.97 Å². The van der Waals surface area contributed by atoms with E-state index in [0.29, 0.717) is 16.8 Å². The highest BCUT2D eigenvalue weighted by molar-refractivity contribution is 5.94. The highest BCUT2D eigenvalue weighted by Gasteiger charge is 2.15. The molecule has 0 saturated heterocycles. The third-order valence-corrected chi connectivity index (χ3v) is 4.69. The number of rotatable bonds is 5. The summed E-state index contributed by atoms with van der Waals surface area (Å²) in [6, 6.07) is 12.8. The molecule has 4 rings (SSSR count). The first kappa shape index (κ1) is 21.7. The molecule has 8 nitrogen and oxygen atoms in total. The Morgan fingerprint density at radius 1 is 1.12 bits per heavy atom. The Balaban J connectivity index is 1.75. The van der Waals surface area contributed by atoms with Gasteiger partial charge in [0.15, 0.2) is 5.43 Å². The Hall–Kier alpha value is -4.53. The summed E-state index contributed by atoms with van der Waals surface area (Å²) in [5.74, 6) is -0.992. The molecule has 0 unspecified atom stereocenters. The zero-order chi connectivity index (χ0) is 23.4. The van der Waals surface area contributed by atoms with Crippen molar-refractivity contribution >= 4 is 28.7 Å². The highest BCUT2D eigenvalue weighted by Crippen LogP contribution is 2.31. The monoisotopic (exact) mass is 447 g/mol. The number of hydrogen-bond acceptors (Lipinski definition) is 6. The summed E-state index contributed by atoms with van der Waals surface area (Å²) in [4.78, 5) is 44.0. The van der Waals surface area contributed by atoms with Crippen LogP contribution < -0.4 is 15.5 Å². The van der Waals surface area contributed by atoms with Crippen LogP contribution in [0, 0.1) is 5.82 Å². The third-order valence-electron chi connectivity index (χ3n) is 4.69. The predicted octanol–water partition coefficient (Wildman–Crippen LogP) is 4.52. The Kier molecular flexibility index (Phi) is 6.12. The molecule has 4 aromatic rings. The maximum atomic E-state index is 13.5. The second-order valence-corrected chi connectivity index (χ2v) is 6.92. The Labute approximate surface area is 187 Å². The lowest BCUT2D eigenvalue weighted by Gasteiger charge is -2.14. The van der Waals surface area contributed by atoms with Gasteiger partial charge in [0.05, 0.1) is 23.6 Å². The number of hydrogen-bond donors (Lipinski definition) is 2. The van der Waals surface area contributed by atoms with E-state index >= 15 is 0 Å². The van der Waals surface area contributed by atoms with E-state index in [0.717, 1.165) is 6.07 Å². The van der Waals surface area contributed by atoms with Crippen LogP contribution in [0.4, 0.5) is 14.9 Å². The molecule has 2 aromatic carbocycles. The predicted molar refractivity (Wildman–Crippen MR) is 120 cm³/mol. The third kappa shape index (κ3) is 4.87. The summed E-state index contributed by atoms with van der Waals surface area (Å²) in [7, 11) is 0. The molecule has 33 heavy (non-hydrogen) atoms. The topological polar surface area (TPSA) is 110 Å². The van der Waals surface area contributed by atoms with Crippen molar-refractivity contribution in [3.63, 3.8) is 0 Å². The van der Waals surface area contributed by atoms with Crippen molar-refractivity contribution in [3.05, 3.63) is 88.6 Å². The Morgan fingerprint density at radius 3 is 2.73 bits per heavy atom. The molecule has 2 N–H and O–H groups in total. The average Bonchev–Trinajstić information content (AvgIpc) is 2.80. The molecule has 0 fully saturated rings. The second kappa shape index (κ2) is 9.31. The number of fused-ring (bicyclic) bond motifs is 1. The maximum absolute atomic E-state index is 13.5. The molecule has 0 saturated carbocycles. The molecule has 0 radical (unpaired) electrons. The summed E-state index contributed by atoms with van der Waals surface area (Å²) >= 11 is 0. The average molecular weight is 447 g/mol. The Bertz CT molecular complexity index is 1400. The molecular formula is C24H18FN3O5. The molecule has 2 aromatic heterocycles. The molecule has 1 amide bonds. The standard InChI is InChI=1S/C24H18FN3O5/c1-2-32-24(31)28-20-11-16(33-23(30)14-4-3-9-26-13-14)6-7-17(20)21-12-22(29)18-10-15(25)5-8-19(18)27-21/h3-13H,2H2,1H3,(H,27,29)(H,28,31). The van der Waals surface area contributed by atoms with E-state index in [2.05, 4.69) is 15.3 Å². The number of aromatic nitrogens is 2. The summed E-state index contributed by atoms with van der Waals surface area (Å²) < 4.78 is 23.9. The molecule has 0 bridgehead atoms. The number of pyridine rings is 2. The van der Waals surface area contributed by atoms with Crippen LogP contribution in [0.15, 0.2) is 71.8 Å². The molecule has 166 valence electrons. The van der Waals surface area contributed by atoms with Crippen LogP contribution in [0.3, 0.4) is 0 Å². The molecule has 0 atom stereocenters. The van der Waals surface area contributed by atoms with Crippen molar-refractivity contribution in [1.29, 1.82) is 0 Å². The van der Waals surface area contributed by atoms with Crippen molar-refractivity contribution < 1.29 is 23.5 Å². The number of anilines is 1. The van der Waals surface area contributed by atoms with Gasteiger partial charge in [0.25, 0.3) is 0 Å². The highest BCUT2D eigenvalue weighted by atomic mass is 19.1. The van der Waals surface area contributed by atoms with Crippen LogP contribution in [0.2, 0.25) is 0 Å². The van der Waals surface area contributed by atoms with Gasteiger partial charge < -0.3 is 14.5 Å². The van der Waals surface area contributed by atoms with Gasteiger partial charge in [0, 0.05) is 41.0 Å². The number of H-pyrrole nitrogens is 1. The first-order valence-electron chi connectivity index (χ1n) is 9.97. The molecule has 9 heteroatoms. The smallest absolute Gasteiger partial charge is 0.411 e. The Morgan fingerprint density at radius 2 is 1.97 bits per heavy atom. The number of carbonyl (C=O) groups is 2. The van der Waals surface area contributed by atoms with Gasteiger partial charge in [-0.25, -0.2) is 14.0 Å². The fraction of sp³-hybridized carbons (Fsp3) is 0.0833. The van der Waals surface area contributed by atoms with E-state index < -0.39 is 23.3 Å². The van der Waals surface area contributed by atoms with Gasteiger partial charge in [0.1, 0.15) is 11.6 Å². The summed E-state index contributed by atoms with van der Waals surface area (Å²) in [5.41, 5.74) is 1.33. The maximum Gasteiger partial charge on any atom is 0.411 e. The van der Waals surface area contributed by atoms with Crippen LogP contribution in [0.1, 0.15) is 17.3 Å². The van der Waals surface area contributed by atoms with Crippen LogP contribution in [-0.2, 0) is 4.74 Å². The molecule has 0 aliphatic carbocycles. The minimum Gasteiger partial charge on any atom is -0.450 e. The molecule has 0 aliphatic heterocycles. The molecule has 2 heterocycles. The number of carbonyl (C=O) groups excluding carboxylic acids is 2. The SMILES string of the molecule is CCOC(=O)Nc1cc(OC(=O)c2cccnc2)ccc1-c1cc(=O)c2cc(F)ccc2[nH]1. The van der Waals surface area contributed by atoms with Crippen LogP contribution in [0.5, 0.6) is 5.75 Å². The van der Waals surface area contributed by atoms with E-state index in [-0.39, 0.29) is 29.0 Å². The number of benzene rings is 2. The fourth-order valence-electron chi connectivity index (χ4n) is 3.22. The fourth-order valence-corrected chi connectivity index (χ4v) is 3.22. The lowest BCUT2D eigenvalue weighted by atomic mass is 10.1. The number of nitrogens with one attached hydrogen (secondary N) is 2. The summed E-state index contributed by atoms with van der Waals surface area (Å²) in [6.07, 6.45) is 2.18. The number of nitrogens with zero attached hydrogens (tertiary/aromatic N) is 1. The van der Waals surface area contributed by atoms with Crippen LogP contribution in [0.25, 0.3) is 22.2 Å². The summed E-state index contributed by atoms with van der Waals surface area (Å²) in [6.45, 7) is 1.81. The van der Waals surface area contributed by atoms with Crippen molar-refractivity contribution in [3.8, 4) is 17.0 Å². The van der Waals surface area contributed by atoms with Gasteiger partial charge >= 0.3 is 12.1 Å². The van der Waals surface area contributed by atoms with Gasteiger partial charge in [-0.2, -0.15) is 0 Å². The first-order chi connectivity index (χ1) is 15.9. The normalized spacial score (nSPS) is 10.6. The number of ether oxygens (including phenoxy) is 2. The molecule has 0 aliphatic rings. The lowest BCUT2D eigenvalue weighted by Crippen LogP contribution is -2.15.